The SMILES string of the molecule is C=CCn1ncc(NCCCC(F)(F)F)c(Cl)c1=O. The molecule has 0 bridgehead atoms. The Hall–Kier alpha value is -1.50. The third-order valence-corrected chi connectivity index (χ3v) is 2.60. The molecule has 0 fully saturated rings. The summed E-state index contributed by atoms with van der Waals surface area (Å²) in [5.41, 5.74) is -0.281. The maximum atomic E-state index is 11.9. The van der Waals surface area contributed by atoms with Gasteiger partial charge in [-0.2, -0.15) is 18.3 Å². The van der Waals surface area contributed by atoms with Crippen LogP contribution < -0.4 is 10.9 Å². The zero-order chi connectivity index (χ0) is 14.5. The van der Waals surface area contributed by atoms with Gasteiger partial charge in [0.2, 0.25) is 0 Å². The summed E-state index contributed by atoms with van der Waals surface area (Å²) >= 11 is 5.81. The molecule has 0 amide bonds. The smallest absolute Gasteiger partial charge is 0.382 e. The van der Waals surface area contributed by atoms with Crippen LogP contribution in [-0.4, -0.2) is 22.5 Å². The molecule has 0 aliphatic heterocycles. The first-order valence-electron chi connectivity index (χ1n) is 5.52. The Morgan fingerprint density at radius 1 is 1.53 bits per heavy atom. The van der Waals surface area contributed by atoms with Gasteiger partial charge in [0.15, 0.2) is 0 Å². The molecule has 1 heterocycles. The van der Waals surface area contributed by atoms with E-state index in [1.54, 1.807) is 0 Å². The van der Waals surface area contributed by atoms with E-state index in [2.05, 4.69) is 17.0 Å². The zero-order valence-corrected chi connectivity index (χ0v) is 10.8. The van der Waals surface area contributed by atoms with Gasteiger partial charge in [-0.25, -0.2) is 4.68 Å². The lowest BCUT2D eigenvalue weighted by Gasteiger charge is -2.10. The quantitative estimate of drug-likeness (QED) is 0.648. The number of aromatic nitrogens is 2. The fourth-order valence-corrected chi connectivity index (χ4v) is 1.57. The van der Waals surface area contributed by atoms with Crippen molar-refractivity contribution in [1.82, 2.24) is 9.78 Å². The molecule has 0 saturated carbocycles. The number of rotatable bonds is 6. The first-order valence-corrected chi connectivity index (χ1v) is 5.90. The number of nitrogens with one attached hydrogen (secondary N) is 1. The second-order valence-electron chi connectivity index (χ2n) is 3.79. The van der Waals surface area contributed by atoms with Gasteiger partial charge in [0.25, 0.3) is 5.56 Å². The van der Waals surface area contributed by atoms with Gasteiger partial charge in [0.1, 0.15) is 5.02 Å². The van der Waals surface area contributed by atoms with Crippen LogP contribution in [0.5, 0.6) is 0 Å². The lowest BCUT2D eigenvalue weighted by atomic mass is 10.3. The normalized spacial score (nSPS) is 11.4. The highest BCUT2D eigenvalue weighted by molar-refractivity contribution is 6.32. The van der Waals surface area contributed by atoms with Crippen molar-refractivity contribution >= 4 is 17.3 Å². The molecule has 0 spiro atoms. The number of alkyl halides is 3. The third kappa shape index (κ3) is 4.94. The van der Waals surface area contributed by atoms with Gasteiger partial charge in [0.05, 0.1) is 18.4 Å². The molecule has 1 aromatic heterocycles. The topological polar surface area (TPSA) is 46.9 Å². The fourth-order valence-electron chi connectivity index (χ4n) is 1.35. The van der Waals surface area contributed by atoms with Crippen LogP contribution in [0.25, 0.3) is 0 Å². The molecule has 0 aliphatic carbocycles. The van der Waals surface area contributed by atoms with Crippen LogP contribution in [0.1, 0.15) is 12.8 Å². The van der Waals surface area contributed by atoms with E-state index in [-0.39, 0.29) is 30.2 Å². The molecule has 106 valence electrons. The highest BCUT2D eigenvalue weighted by Crippen LogP contribution is 2.21. The molecule has 8 heteroatoms. The van der Waals surface area contributed by atoms with Crippen molar-refractivity contribution in [2.45, 2.75) is 25.6 Å². The van der Waals surface area contributed by atoms with E-state index < -0.39 is 18.2 Å². The second-order valence-corrected chi connectivity index (χ2v) is 4.17. The Kier molecular flexibility index (Phi) is 5.41. The highest BCUT2D eigenvalue weighted by Gasteiger charge is 2.25. The van der Waals surface area contributed by atoms with Crippen LogP contribution in [0, 0.1) is 0 Å². The molecule has 0 radical (unpaired) electrons. The molecule has 4 nitrogen and oxygen atoms in total. The average Bonchev–Trinajstić information content (AvgIpc) is 2.32. The van der Waals surface area contributed by atoms with Crippen molar-refractivity contribution in [3.8, 4) is 0 Å². The minimum Gasteiger partial charge on any atom is -0.382 e. The van der Waals surface area contributed by atoms with Crippen molar-refractivity contribution in [3.05, 3.63) is 34.2 Å². The summed E-state index contributed by atoms with van der Waals surface area (Å²) < 4.78 is 36.9. The number of allylic oxidation sites excluding steroid dienone is 1. The van der Waals surface area contributed by atoms with Gasteiger partial charge in [-0.15, -0.1) is 6.58 Å². The summed E-state index contributed by atoms with van der Waals surface area (Å²) in [6.07, 6.45) is -2.38. The Morgan fingerprint density at radius 2 is 2.21 bits per heavy atom. The van der Waals surface area contributed by atoms with Crippen LogP contribution in [0.15, 0.2) is 23.6 Å². The summed E-state index contributed by atoms with van der Waals surface area (Å²) in [5.74, 6) is 0. The first-order chi connectivity index (χ1) is 8.85. The van der Waals surface area contributed by atoms with Crippen LogP contribution in [0.2, 0.25) is 5.02 Å². The number of halogens is 4. The predicted octanol–water partition coefficient (Wildman–Crippen LogP) is 2.84. The Bertz CT molecular complexity index is 499. The molecule has 0 saturated heterocycles. The van der Waals surface area contributed by atoms with Crippen molar-refractivity contribution in [2.24, 2.45) is 0 Å². The van der Waals surface area contributed by atoms with Gasteiger partial charge in [-0.1, -0.05) is 17.7 Å². The molecule has 0 aromatic carbocycles. The van der Waals surface area contributed by atoms with Crippen LogP contribution in [0.3, 0.4) is 0 Å². The van der Waals surface area contributed by atoms with E-state index in [4.69, 9.17) is 11.6 Å². The van der Waals surface area contributed by atoms with Gasteiger partial charge in [0, 0.05) is 13.0 Å². The minimum absolute atomic E-state index is 0.0613. The van der Waals surface area contributed by atoms with E-state index in [0.717, 1.165) is 4.68 Å². The molecule has 0 atom stereocenters. The largest absolute Gasteiger partial charge is 0.389 e. The van der Waals surface area contributed by atoms with Gasteiger partial charge in [-0.3, -0.25) is 4.79 Å². The second kappa shape index (κ2) is 6.60. The van der Waals surface area contributed by atoms with E-state index >= 15 is 0 Å². The van der Waals surface area contributed by atoms with Crippen molar-refractivity contribution in [2.75, 3.05) is 11.9 Å². The molecular formula is C11H13ClF3N3O. The Morgan fingerprint density at radius 3 is 2.79 bits per heavy atom. The molecule has 1 aromatic rings. The summed E-state index contributed by atoms with van der Waals surface area (Å²) in [6, 6.07) is 0. The summed E-state index contributed by atoms with van der Waals surface area (Å²) in [5, 5.41) is 6.39. The lowest BCUT2D eigenvalue weighted by Crippen LogP contribution is -2.24. The van der Waals surface area contributed by atoms with Crippen LogP contribution in [0.4, 0.5) is 18.9 Å². The van der Waals surface area contributed by atoms with E-state index in [1.807, 2.05) is 0 Å². The summed E-state index contributed by atoms with van der Waals surface area (Å²) in [4.78, 5) is 11.7. The van der Waals surface area contributed by atoms with E-state index in [9.17, 15) is 18.0 Å². The zero-order valence-electron chi connectivity index (χ0n) is 10.0. The van der Waals surface area contributed by atoms with E-state index in [0.29, 0.717) is 0 Å². The number of anilines is 1. The molecular weight excluding hydrogens is 283 g/mol. The molecule has 1 rings (SSSR count). The van der Waals surface area contributed by atoms with Crippen LogP contribution >= 0.6 is 11.6 Å². The maximum absolute atomic E-state index is 11.9. The Balaban J connectivity index is 2.63. The number of hydrogen-bond donors (Lipinski definition) is 1. The van der Waals surface area contributed by atoms with Crippen molar-refractivity contribution in [1.29, 1.82) is 0 Å². The first kappa shape index (κ1) is 15.6. The summed E-state index contributed by atoms with van der Waals surface area (Å²) in [7, 11) is 0. The fraction of sp³-hybridized carbons (Fsp3) is 0.455. The van der Waals surface area contributed by atoms with E-state index in [1.165, 1.54) is 12.3 Å². The van der Waals surface area contributed by atoms with Crippen molar-refractivity contribution in [3.63, 3.8) is 0 Å². The lowest BCUT2D eigenvalue weighted by molar-refractivity contribution is -0.134. The highest BCUT2D eigenvalue weighted by atomic mass is 35.5. The molecule has 19 heavy (non-hydrogen) atoms. The van der Waals surface area contributed by atoms with Crippen LogP contribution in [-0.2, 0) is 6.54 Å². The monoisotopic (exact) mass is 295 g/mol. The standard InChI is InChI=1S/C11H13ClF3N3O/c1-2-6-18-10(19)9(12)8(7-17-18)16-5-3-4-11(13,14)15/h2,7,16H,1,3-6H2. The van der Waals surface area contributed by atoms with Gasteiger partial charge >= 0.3 is 6.18 Å². The maximum Gasteiger partial charge on any atom is 0.389 e. The average molecular weight is 296 g/mol. The van der Waals surface area contributed by atoms with Gasteiger partial charge < -0.3 is 5.32 Å². The Labute approximate surface area is 112 Å². The summed E-state index contributed by atoms with van der Waals surface area (Å²) in [6.45, 7) is 3.74. The molecule has 0 unspecified atom stereocenters. The van der Waals surface area contributed by atoms with Crippen molar-refractivity contribution < 1.29 is 13.2 Å². The van der Waals surface area contributed by atoms with Gasteiger partial charge in [-0.05, 0) is 6.42 Å². The minimum atomic E-state index is -4.18. The number of nitrogens with zero attached hydrogens (tertiary/aromatic N) is 2. The molecule has 1 N–H and O–H groups in total. The number of hydrogen-bond acceptors (Lipinski definition) is 3. The molecule has 0 aliphatic rings. The predicted molar refractivity (Wildman–Crippen MR) is 67.5 cm³/mol. The third-order valence-electron chi connectivity index (χ3n) is 2.24.